The summed E-state index contributed by atoms with van der Waals surface area (Å²) in [6.07, 6.45) is 0.0749. The zero-order valence-electron chi connectivity index (χ0n) is 5.70. The number of ether oxygens (including phenoxy) is 1. The van der Waals surface area contributed by atoms with Crippen molar-refractivity contribution in [1.82, 2.24) is 0 Å². The maximum absolute atomic E-state index is 10.2. The number of carbonyl (C=O) groups excluding carboxylic acids is 1. The molecule has 1 saturated heterocycles. The van der Waals surface area contributed by atoms with Gasteiger partial charge in [-0.2, -0.15) is 10.6 Å². The van der Waals surface area contributed by atoms with E-state index in [4.69, 9.17) is 20.7 Å². The van der Waals surface area contributed by atoms with Gasteiger partial charge in [0.25, 0.3) is 0 Å². The second-order valence-electron chi connectivity index (χ2n) is 2.44. The highest BCUT2D eigenvalue weighted by molar-refractivity contribution is 8.24. The highest BCUT2D eigenvalue weighted by Gasteiger charge is 2.30. The predicted octanol–water partition coefficient (Wildman–Crippen LogP) is 1.88. The summed E-state index contributed by atoms with van der Waals surface area (Å²) in [6.45, 7) is 0. The molecule has 6 heteroatoms. The fraction of sp³-hybridized carbons (Fsp3) is 0.800. The van der Waals surface area contributed by atoms with Crippen molar-refractivity contribution in [2.75, 3.05) is 11.5 Å². The van der Waals surface area contributed by atoms with Crippen molar-refractivity contribution >= 4 is 27.6 Å². The average molecular weight is 201 g/mol. The van der Waals surface area contributed by atoms with Crippen molar-refractivity contribution in [2.24, 2.45) is 0 Å². The number of hydrogen-bond acceptors (Lipinski definition) is 4. The van der Waals surface area contributed by atoms with Crippen LogP contribution in [-0.2, 0) is 4.74 Å². The lowest BCUT2D eigenvalue weighted by atomic mass is 10.3. The molecule has 1 aliphatic rings. The molecule has 1 heterocycles. The molecule has 0 aliphatic carbocycles. The molecule has 0 radical (unpaired) electrons. The molecule has 0 bridgehead atoms. The molecule has 0 spiro atoms. The molecule has 0 aromatic carbocycles. The molecular weight excluding hydrogens is 192 g/mol. The Morgan fingerprint density at radius 2 is 2.27 bits per heavy atom. The first-order valence-electron chi connectivity index (χ1n) is 3.09. The van der Waals surface area contributed by atoms with Gasteiger partial charge in [-0.1, -0.05) is 0 Å². The van der Waals surface area contributed by atoms with Gasteiger partial charge in [0.05, 0.1) is 5.75 Å². The van der Waals surface area contributed by atoms with E-state index in [0.717, 1.165) is 0 Å². The van der Waals surface area contributed by atoms with Gasteiger partial charge in [0.15, 0.2) is 0 Å². The van der Waals surface area contributed by atoms with Crippen molar-refractivity contribution in [3.05, 3.63) is 0 Å². The third kappa shape index (κ3) is 2.86. The van der Waals surface area contributed by atoms with Crippen molar-refractivity contribution in [1.29, 1.82) is 0 Å². The lowest BCUT2D eigenvalue weighted by molar-refractivity contribution is 0.135. The van der Waals surface area contributed by atoms with E-state index in [1.54, 1.807) is 0 Å². The second kappa shape index (κ2) is 3.18. The molecule has 11 heavy (non-hydrogen) atoms. The molecule has 2 N–H and O–H groups in total. The van der Waals surface area contributed by atoms with Crippen molar-refractivity contribution in [2.45, 2.75) is 12.5 Å². The Bertz CT molecular complexity index is 172. The van der Waals surface area contributed by atoms with E-state index in [1.165, 1.54) is 0 Å². The van der Waals surface area contributed by atoms with E-state index in [-0.39, 0.29) is 5.75 Å². The second-order valence-corrected chi connectivity index (χ2v) is 5.09. The van der Waals surface area contributed by atoms with Crippen LogP contribution in [0.3, 0.4) is 0 Å². The average Bonchev–Trinajstić information content (AvgIpc) is 2.08. The third-order valence-electron chi connectivity index (χ3n) is 1.48. The number of rotatable bonds is 1. The Morgan fingerprint density at radius 1 is 1.64 bits per heavy atom. The van der Waals surface area contributed by atoms with Gasteiger partial charge in [0, 0.05) is 23.8 Å². The van der Waals surface area contributed by atoms with Gasteiger partial charge >= 0.3 is 5.43 Å². The molecular formula is C5H9ClO4S. The van der Waals surface area contributed by atoms with Crippen LogP contribution in [-0.4, -0.2) is 32.1 Å². The maximum atomic E-state index is 10.2. The van der Waals surface area contributed by atoms with Gasteiger partial charge in [0.1, 0.15) is 6.10 Å². The van der Waals surface area contributed by atoms with E-state index in [0.29, 0.717) is 12.2 Å². The van der Waals surface area contributed by atoms with Crippen LogP contribution in [0, 0.1) is 0 Å². The first-order valence-corrected chi connectivity index (χ1v) is 5.35. The van der Waals surface area contributed by atoms with E-state index in [2.05, 4.69) is 4.74 Å². The monoisotopic (exact) mass is 200 g/mol. The van der Waals surface area contributed by atoms with Gasteiger partial charge < -0.3 is 4.74 Å². The first kappa shape index (κ1) is 9.12. The van der Waals surface area contributed by atoms with E-state index >= 15 is 0 Å². The van der Waals surface area contributed by atoms with Gasteiger partial charge in [-0.15, -0.1) is 0 Å². The molecule has 0 saturated carbocycles. The van der Waals surface area contributed by atoms with Crippen LogP contribution in [0.5, 0.6) is 0 Å². The topological polar surface area (TPSA) is 66.8 Å². The molecule has 0 amide bonds. The largest absolute Gasteiger partial charge is 0.449 e. The molecule has 1 atom stereocenters. The van der Waals surface area contributed by atoms with Crippen LogP contribution >= 0.6 is 22.2 Å². The zero-order chi connectivity index (χ0) is 8.48. The summed E-state index contributed by atoms with van der Waals surface area (Å²) in [6, 6.07) is 0. The minimum Gasteiger partial charge on any atom is -0.449 e. The predicted molar refractivity (Wildman–Crippen MR) is 43.3 cm³/mol. The lowest BCUT2D eigenvalue weighted by Gasteiger charge is -2.25. The van der Waals surface area contributed by atoms with Crippen molar-refractivity contribution in [3.8, 4) is 0 Å². The van der Waals surface area contributed by atoms with Crippen LogP contribution in [0.1, 0.15) is 6.42 Å². The molecule has 1 rings (SSSR count). The Balaban J connectivity index is 2.36. The molecule has 1 unspecified atom stereocenters. The highest BCUT2D eigenvalue weighted by atomic mass is 35.5. The first-order chi connectivity index (χ1) is 4.99. The number of hydrogen-bond donors (Lipinski definition) is 2. The Hall–Kier alpha value is 0.0300. The van der Waals surface area contributed by atoms with Gasteiger partial charge in [-0.25, -0.2) is 4.79 Å². The van der Waals surface area contributed by atoms with E-state index in [1.807, 2.05) is 0 Å². The third-order valence-corrected chi connectivity index (χ3v) is 3.36. The molecule has 1 aliphatic heterocycles. The van der Waals surface area contributed by atoms with Gasteiger partial charge in [-0.3, -0.25) is 9.11 Å². The SMILES string of the molecule is O=C(Cl)OC1CCS(O)(O)C1. The van der Waals surface area contributed by atoms with Gasteiger partial charge in [-0.05, 0) is 0 Å². The fourth-order valence-electron chi connectivity index (χ4n) is 1.01. The van der Waals surface area contributed by atoms with Gasteiger partial charge in [0.2, 0.25) is 0 Å². The minimum absolute atomic E-state index is 0.130. The normalized spacial score (nSPS) is 31.4. The number of halogens is 1. The summed E-state index contributed by atoms with van der Waals surface area (Å²) >= 11 is 4.94. The zero-order valence-corrected chi connectivity index (χ0v) is 7.27. The summed E-state index contributed by atoms with van der Waals surface area (Å²) in [5.41, 5.74) is -0.882. The summed E-state index contributed by atoms with van der Waals surface area (Å²) in [5.74, 6) is 0.438. The quantitative estimate of drug-likeness (QED) is 0.635. The van der Waals surface area contributed by atoms with Crippen LogP contribution in [0.15, 0.2) is 0 Å². The molecule has 0 aromatic rings. The summed E-state index contributed by atoms with van der Waals surface area (Å²) in [4.78, 5) is 10.2. The minimum atomic E-state index is -2.48. The molecule has 0 aromatic heterocycles. The summed E-state index contributed by atoms with van der Waals surface area (Å²) in [5, 5.41) is 0. The smallest absolute Gasteiger partial charge is 0.404 e. The standard InChI is InChI=1S/C5H9ClO4S/c6-5(7)10-4-1-2-11(8,9)3-4/h4,8-9H,1-3H2. The Kier molecular flexibility index (Phi) is 2.64. The van der Waals surface area contributed by atoms with Crippen LogP contribution in [0.2, 0.25) is 0 Å². The summed E-state index contributed by atoms with van der Waals surface area (Å²) in [7, 11) is -2.48. The van der Waals surface area contributed by atoms with Crippen LogP contribution in [0.25, 0.3) is 0 Å². The van der Waals surface area contributed by atoms with Crippen molar-refractivity contribution in [3.63, 3.8) is 0 Å². The van der Waals surface area contributed by atoms with Crippen LogP contribution in [0.4, 0.5) is 4.79 Å². The molecule has 4 nitrogen and oxygen atoms in total. The van der Waals surface area contributed by atoms with Crippen molar-refractivity contribution < 1.29 is 18.6 Å². The highest BCUT2D eigenvalue weighted by Crippen LogP contribution is 2.46. The Morgan fingerprint density at radius 3 is 2.64 bits per heavy atom. The fourth-order valence-corrected chi connectivity index (χ4v) is 2.77. The molecule has 1 fully saturated rings. The maximum Gasteiger partial charge on any atom is 0.404 e. The summed E-state index contributed by atoms with van der Waals surface area (Å²) < 4.78 is 22.7. The van der Waals surface area contributed by atoms with E-state index in [9.17, 15) is 4.79 Å². The van der Waals surface area contributed by atoms with E-state index < -0.39 is 22.1 Å². The lowest BCUT2D eigenvalue weighted by Crippen LogP contribution is -2.14. The van der Waals surface area contributed by atoms with Crippen LogP contribution < -0.4 is 0 Å². The molecule has 66 valence electrons. The Labute approximate surface area is 70.8 Å². The number of carbonyl (C=O) groups is 1.